The number of alkyl halides is 1. The number of phenolic OH excluding ortho intramolecular Hbond substituents is 1. The molecule has 0 saturated heterocycles. The topological polar surface area (TPSA) is 23.5 Å². The number of hydrogen-bond acceptors (Lipinski definition) is 2. The predicted octanol–water partition coefficient (Wildman–Crippen LogP) is 2.84. The third kappa shape index (κ3) is 4.54. The van der Waals surface area contributed by atoms with Gasteiger partial charge in [0.15, 0.2) is 0 Å². The lowest BCUT2D eigenvalue weighted by molar-refractivity contribution is 0.281. The second-order valence-electron chi connectivity index (χ2n) is 3.58. The van der Waals surface area contributed by atoms with Gasteiger partial charge in [-0.25, -0.2) is 0 Å². The van der Waals surface area contributed by atoms with Gasteiger partial charge in [0, 0.05) is 12.4 Å². The number of rotatable bonds is 6. The summed E-state index contributed by atoms with van der Waals surface area (Å²) in [4.78, 5) is 2.34. The summed E-state index contributed by atoms with van der Waals surface area (Å²) >= 11 is 5.67. The van der Waals surface area contributed by atoms with Crippen molar-refractivity contribution in [2.24, 2.45) is 0 Å². The maximum atomic E-state index is 9.16. The van der Waals surface area contributed by atoms with Crippen LogP contribution in [0, 0.1) is 0 Å². The number of halogens is 1. The number of hydrogen-bond donors (Lipinski definition) is 1. The maximum absolute atomic E-state index is 9.16. The monoisotopic (exact) mass is 227 g/mol. The van der Waals surface area contributed by atoms with E-state index in [1.54, 1.807) is 12.1 Å². The summed E-state index contributed by atoms with van der Waals surface area (Å²) in [5.74, 6) is 1.04. The zero-order chi connectivity index (χ0) is 11.1. The first-order chi connectivity index (χ1) is 7.26. The van der Waals surface area contributed by atoms with Crippen molar-refractivity contribution in [1.82, 2.24) is 4.90 Å². The van der Waals surface area contributed by atoms with E-state index in [4.69, 9.17) is 16.7 Å². The van der Waals surface area contributed by atoms with E-state index in [9.17, 15) is 0 Å². The van der Waals surface area contributed by atoms with Gasteiger partial charge in [0.05, 0.1) is 0 Å². The van der Waals surface area contributed by atoms with Crippen molar-refractivity contribution in [3.8, 4) is 5.75 Å². The fourth-order valence-corrected chi connectivity index (χ4v) is 1.61. The molecule has 2 nitrogen and oxygen atoms in total. The lowest BCUT2D eigenvalue weighted by Crippen LogP contribution is -2.24. The Morgan fingerprint density at radius 1 is 1.27 bits per heavy atom. The Morgan fingerprint density at radius 2 is 1.93 bits per heavy atom. The smallest absolute Gasteiger partial charge is 0.115 e. The molecule has 84 valence electrons. The van der Waals surface area contributed by atoms with Crippen molar-refractivity contribution in [2.45, 2.75) is 19.9 Å². The van der Waals surface area contributed by atoms with E-state index in [0.29, 0.717) is 11.6 Å². The molecule has 0 atom stereocenters. The summed E-state index contributed by atoms with van der Waals surface area (Å²) in [7, 11) is 0. The Labute approximate surface area is 96.5 Å². The first-order valence-electron chi connectivity index (χ1n) is 5.32. The van der Waals surface area contributed by atoms with Crippen LogP contribution in [0.25, 0.3) is 0 Å². The third-order valence-electron chi connectivity index (χ3n) is 2.40. The van der Waals surface area contributed by atoms with Crippen LogP contribution in [0.1, 0.15) is 18.9 Å². The second kappa shape index (κ2) is 6.70. The third-order valence-corrected chi connectivity index (χ3v) is 2.66. The summed E-state index contributed by atoms with van der Waals surface area (Å²) in [6, 6.07) is 7.37. The molecule has 0 radical (unpaired) electrons. The Bertz CT molecular complexity index is 273. The second-order valence-corrected chi connectivity index (χ2v) is 3.96. The molecule has 1 N–H and O–H groups in total. The van der Waals surface area contributed by atoms with Gasteiger partial charge < -0.3 is 5.11 Å². The summed E-state index contributed by atoms with van der Waals surface area (Å²) in [6.07, 6.45) is 1.02. The van der Waals surface area contributed by atoms with Crippen LogP contribution in [0.4, 0.5) is 0 Å². The van der Waals surface area contributed by atoms with Crippen molar-refractivity contribution < 1.29 is 5.11 Å². The summed E-state index contributed by atoms with van der Waals surface area (Å²) in [5.41, 5.74) is 1.23. The van der Waals surface area contributed by atoms with E-state index in [0.717, 1.165) is 26.1 Å². The van der Waals surface area contributed by atoms with Crippen LogP contribution in [0.3, 0.4) is 0 Å². The molecular formula is C12H18ClNO. The van der Waals surface area contributed by atoms with Crippen LogP contribution in [-0.4, -0.2) is 29.0 Å². The largest absolute Gasteiger partial charge is 0.508 e. The molecule has 0 heterocycles. The molecule has 0 aliphatic rings. The highest BCUT2D eigenvalue weighted by Gasteiger charge is 2.02. The van der Waals surface area contributed by atoms with Crippen molar-refractivity contribution in [3.05, 3.63) is 29.8 Å². The van der Waals surface area contributed by atoms with E-state index in [1.807, 2.05) is 12.1 Å². The van der Waals surface area contributed by atoms with Gasteiger partial charge in [0.25, 0.3) is 0 Å². The molecule has 0 aromatic heterocycles. The van der Waals surface area contributed by atoms with Crippen LogP contribution in [0.2, 0.25) is 0 Å². The first kappa shape index (κ1) is 12.3. The van der Waals surface area contributed by atoms with Gasteiger partial charge in [-0.05, 0) is 37.2 Å². The quantitative estimate of drug-likeness (QED) is 0.756. The number of nitrogens with zero attached hydrogens (tertiary/aromatic N) is 1. The lowest BCUT2D eigenvalue weighted by atomic mass is 10.2. The van der Waals surface area contributed by atoms with Gasteiger partial charge in [-0.3, -0.25) is 4.90 Å². The molecule has 0 unspecified atom stereocenters. The number of aromatic hydroxyl groups is 1. The molecule has 0 bridgehead atoms. The van der Waals surface area contributed by atoms with E-state index in [-0.39, 0.29) is 0 Å². The molecular weight excluding hydrogens is 210 g/mol. The average molecular weight is 228 g/mol. The van der Waals surface area contributed by atoms with Crippen LogP contribution < -0.4 is 0 Å². The van der Waals surface area contributed by atoms with Crippen molar-refractivity contribution in [2.75, 3.05) is 19.0 Å². The molecule has 1 aromatic rings. The molecule has 0 aliphatic heterocycles. The van der Waals surface area contributed by atoms with Crippen LogP contribution in [0.15, 0.2) is 24.3 Å². The first-order valence-corrected chi connectivity index (χ1v) is 5.86. The number of benzene rings is 1. The highest BCUT2D eigenvalue weighted by molar-refractivity contribution is 6.17. The highest BCUT2D eigenvalue weighted by Crippen LogP contribution is 2.11. The van der Waals surface area contributed by atoms with Gasteiger partial charge in [-0.15, -0.1) is 11.6 Å². The predicted molar refractivity (Wildman–Crippen MR) is 64.4 cm³/mol. The van der Waals surface area contributed by atoms with Gasteiger partial charge in [-0.1, -0.05) is 19.1 Å². The fourth-order valence-electron chi connectivity index (χ4n) is 1.49. The minimum Gasteiger partial charge on any atom is -0.508 e. The minimum atomic E-state index is 0.322. The van der Waals surface area contributed by atoms with Crippen molar-refractivity contribution in [3.63, 3.8) is 0 Å². The van der Waals surface area contributed by atoms with Gasteiger partial charge >= 0.3 is 0 Å². The summed E-state index contributed by atoms with van der Waals surface area (Å²) in [6.45, 7) is 5.13. The summed E-state index contributed by atoms with van der Waals surface area (Å²) < 4.78 is 0. The molecule has 0 amide bonds. The van der Waals surface area contributed by atoms with Gasteiger partial charge in [0.2, 0.25) is 0 Å². The maximum Gasteiger partial charge on any atom is 0.115 e. The van der Waals surface area contributed by atoms with Crippen molar-refractivity contribution >= 4 is 11.6 Å². The molecule has 15 heavy (non-hydrogen) atoms. The van der Waals surface area contributed by atoms with E-state index in [1.165, 1.54) is 5.56 Å². The van der Waals surface area contributed by atoms with E-state index < -0.39 is 0 Å². The zero-order valence-corrected chi connectivity index (χ0v) is 9.87. The Kier molecular flexibility index (Phi) is 5.51. The van der Waals surface area contributed by atoms with Crippen LogP contribution in [-0.2, 0) is 6.54 Å². The molecule has 1 rings (SSSR count). The normalized spacial score (nSPS) is 10.9. The average Bonchev–Trinajstić information content (AvgIpc) is 2.27. The standard InChI is InChI=1S/C12H18ClNO/c1-2-14(9-3-8-13)10-11-4-6-12(15)7-5-11/h4-7,15H,2-3,8-10H2,1H3. The molecule has 0 spiro atoms. The summed E-state index contributed by atoms with van der Waals surface area (Å²) in [5, 5.41) is 9.16. The van der Waals surface area contributed by atoms with Crippen molar-refractivity contribution in [1.29, 1.82) is 0 Å². The van der Waals surface area contributed by atoms with Gasteiger partial charge in [-0.2, -0.15) is 0 Å². The molecule has 0 aliphatic carbocycles. The number of phenols is 1. The Hall–Kier alpha value is -0.730. The SMILES string of the molecule is CCN(CCCCl)Cc1ccc(O)cc1. The van der Waals surface area contributed by atoms with Gasteiger partial charge in [0.1, 0.15) is 5.75 Å². The molecule has 0 fully saturated rings. The van der Waals surface area contributed by atoms with E-state index in [2.05, 4.69) is 11.8 Å². The Balaban J connectivity index is 2.47. The molecule has 3 heteroatoms. The fraction of sp³-hybridized carbons (Fsp3) is 0.500. The molecule has 0 saturated carbocycles. The van der Waals surface area contributed by atoms with Crippen LogP contribution >= 0.6 is 11.6 Å². The van der Waals surface area contributed by atoms with E-state index >= 15 is 0 Å². The highest BCUT2D eigenvalue weighted by atomic mass is 35.5. The minimum absolute atomic E-state index is 0.322. The zero-order valence-electron chi connectivity index (χ0n) is 9.12. The molecule has 1 aromatic carbocycles. The Morgan fingerprint density at radius 3 is 2.47 bits per heavy atom. The lowest BCUT2D eigenvalue weighted by Gasteiger charge is -2.19. The van der Waals surface area contributed by atoms with Crippen LogP contribution in [0.5, 0.6) is 5.75 Å².